The maximum absolute atomic E-state index is 11.1. The van der Waals surface area contributed by atoms with Crippen LogP contribution in [0.5, 0.6) is 0 Å². The topological polar surface area (TPSA) is 83.6 Å². The number of carbonyl (C=O) groups is 4. The molecule has 1 saturated heterocycles. The van der Waals surface area contributed by atoms with Crippen LogP contribution in [0.3, 0.4) is 0 Å². The van der Waals surface area contributed by atoms with Crippen LogP contribution in [-0.4, -0.2) is 28.5 Å². The van der Waals surface area contributed by atoms with E-state index in [0.717, 1.165) is 0 Å². The number of barbiturate groups is 1. The highest BCUT2D eigenvalue weighted by atomic mass is 16.2. The molecule has 0 aliphatic carbocycles. The van der Waals surface area contributed by atoms with Crippen LogP contribution >= 0.6 is 0 Å². The van der Waals surface area contributed by atoms with Gasteiger partial charge in [-0.2, -0.15) is 0 Å². The number of carbonyl (C=O) groups excluding carboxylic acids is 4. The predicted octanol–water partition coefficient (Wildman–Crippen LogP) is -0.442. The van der Waals surface area contributed by atoms with E-state index < -0.39 is 23.6 Å². The molecule has 1 N–H and O–H groups in total. The van der Waals surface area contributed by atoms with Crippen LogP contribution in [0.1, 0.15) is 13.8 Å². The van der Waals surface area contributed by atoms with E-state index in [0.29, 0.717) is 10.5 Å². The number of allylic oxidation sites excluding steroid dienone is 1. The van der Waals surface area contributed by atoms with Crippen molar-refractivity contribution in [3.05, 3.63) is 11.8 Å². The number of Topliss-reactive ketones (excluding diaryl/α,β-unsaturated/α-hetero) is 1. The predicted molar refractivity (Wildman–Crippen MR) is 44.8 cm³/mol. The Morgan fingerprint density at radius 3 is 2.29 bits per heavy atom. The summed E-state index contributed by atoms with van der Waals surface area (Å²) in [4.78, 5) is 44.4. The molecule has 6 heteroatoms. The molecule has 6 nitrogen and oxygen atoms in total. The Hall–Kier alpha value is -1.98. The Morgan fingerprint density at radius 1 is 1.21 bits per heavy atom. The van der Waals surface area contributed by atoms with Crippen molar-refractivity contribution in [2.45, 2.75) is 13.8 Å². The van der Waals surface area contributed by atoms with E-state index in [1.165, 1.54) is 6.20 Å². The second-order valence-corrected chi connectivity index (χ2v) is 2.97. The number of hydrogen-bond acceptors (Lipinski definition) is 4. The Morgan fingerprint density at radius 2 is 1.79 bits per heavy atom. The highest BCUT2D eigenvalue weighted by Gasteiger charge is 2.37. The van der Waals surface area contributed by atoms with Crippen LogP contribution in [0.25, 0.3) is 0 Å². The van der Waals surface area contributed by atoms with Crippen LogP contribution in [0.4, 0.5) is 4.79 Å². The molecule has 0 unspecified atom stereocenters. The highest BCUT2D eigenvalue weighted by molar-refractivity contribution is 6.66. The van der Waals surface area contributed by atoms with Gasteiger partial charge in [-0.25, -0.2) is 9.69 Å². The van der Waals surface area contributed by atoms with Crippen LogP contribution in [0.15, 0.2) is 11.8 Å². The lowest BCUT2D eigenvalue weighted by molar-refractivity contribution is -0.149. The van der Waals surface area contributed by atoms with Crippen molar-refractivity contribution in [2.24, 2.45) is 0 Å². The first-order chi connectivity index (χ1) is 6.43. The fraction of sp³-hybridized carbons (Fsp3) is 0.250. The summed E-state index contributed by atoms with van der Waals surface area (Å²) in [6.45, 7) is 3.31. The first-order valence-electron chi connectivity index (χ1n) is 3.81. The van der Waals surface area contributed by atoms with Gasteiger partial charge >= 0.3 is 23.6 Å². The zero-order chi connectivity index (χ0) is 10.9. The lowest BCUT2D eigenvalue weighted by Crippen LogP contribution is -2.56. The molecule has 4 amide bonds. The van der Waals surface area contributed by atoms with Gasteiger partial charge in [0, 0.05) is 6.20 Å². The lowest BCUT2D eigenvalue weighted by atomic mass is 10.2. The highest BCUT2D eigenvalue weighted by Crippen LogP contribution is 2.03. The third kappa shape index (κ3) is 1.68. The molecular weight excluding hydrogens is 188 g/mol. The molecule has 0 aromatic rings. The summed E-state index contributed by atoms with van der Waals surface area (Å²) in [5.74, 6) is -3.54. The van der Waals surface area contributed by atoms with Crippen molar-refractivity contribution >= 4 is 23.6 Å². The van der Waals surface area contributed by atoms with E-state index in [1.54, 1.807) is 19.2 Å². The van der Waals surface area contributed by atoms with Crippen molar-refractivity contribution in [3.63, 3.8) is 0 Å². The van der Waals surface area contributed by atoms with Crippen molar-refractivity contribution < 1.29 is 19.2 Å². The number of nitrogens with one attached hydrogen (secondary N) is 1. The molecule has 0 aromatic carbocycles. The molecule has 74 valence electrons. The number of imide groups is 2. The van der Waals surface area contributed by atoms with E-state index >= 15 is 0 Å². The molecule has 1 aliphatic rings. The molecule has 1 rings (SSSR count). The third-order valence-electron chi connectivity index (χ3n) is 1.45. The van der Waals surface area contributed by atoms with E-state index in [4.69, 9.17) is 0 Å². The molecule has 14 heavy (non-hydrogen) atoms. The Labute approximate surface area is 79.6 Å². The quantitative estimate of drug-likeness (QED) is 0.576. The molecule has 1 fully saturated rings. The molecule has 0 bridgehead atoms. The standard InChI is InChI=1S/C8H8N2O4/c1-4(2)3-10-7(13)5(11)6(12)9-8(10)14/h3H,1-2H3,(H,9,12,14). The summed E-state index contributed by atoms with van der Waals surface area (Å²) in [6, 6.07) is -0.902. The number of ketones is 1. The molecule has 0 radical (unpaired) electrons. The minimum Gasteiger partial charge on any atom is -0.277 e. The van der Waals surface area contributed by atoms with Crippen molar-refractivity contribution in [3.8, 4) is 0 Å². The zero-order valence-electron chi connectivity index (χ0n) is 7.66. The fourth-order valence-electron chi connectivity index (χ4n) is 0.888. The number of rotatable bonds is 1. The van der Waals surface area contributed by atoms with Crippen LogP contribution < -0.4 is 5.32 Å². The molecular formula is C8H8N2O4. The van der Waals surface area contributed by atoms with E-state index in [1.807, 2.05) is 0 Å². The monoisotopic (exact) mass is 196 g/mol. The third-order valence-corrected chi connectivity index (χ3v) is 1.45. The van der Waals surface area contributed by atoms with E-state index in [2.05, 4.69) is 0 Å². The average molecular weight is 196 g/mol. The Bertz CT molecular complexity index is 366. The smallest absolute Gasteiger partial charge is 0.277 e. The van der Waals surface area contributed by atoms with Crippen LogP contribution in [0.2, 0.25) is 0 Å². The van der Waals surface area contributed by atoms with Gasteiger partial charge in [-0.15, -0.1) is 0 Å². The summed E-state index contributed by atoms with van der Waals surface area (Å²) in [5, 5.41) is 1.75. The summed E-state index contributed by atoms with van der Waals surface area (Å²) in [7, 11) is 0. The van der Waals surface area contributed by atoms with Crippen molar-refractivity contribution in [2.75, 3.05) is 0 Å². The van der Waals surface area contributed by atoms with E-state index in [9.17, 15) is 19.2 Å². The number of amides is 4. The minimum atomic E-state index is -1.23. The number of urea groups is 1. The molecule has 1 aliphatic heterocycles. The molecule has 0 spiro atoms. The molecule has 0 aromatic heterocycles. The number of nitrogens with zero attached hydrogens (tertiary/aromatic N) is 1. The zero-order valence-corrected chi connectivity index (χ0v) is 7.66. The van der Waals surface area contributed by atoms with Gasteiger partial charge in [-0.1, -0.05) is 5.57 Å². The minimum absolute atomic E-state index is 0.582. The maximum atomic E-state index is 11.1. The van der Waals surface area contributed by atoms with Gasteiger partial charge < -0.3 is 0 Å². The fourth-order valence-corrected chi connectivity index (χ4v) is 0.888. The van der Waals surface area contributed by atoms with Crippen molar-refractivity contribution in [1.29, 1.82) is 0 Å². The van der Waals surface area contributed by atoms with Gasteiger partial charge in [-0.05, 0) is 13.8 Å². The molecule has 0 atom stereocenters. The van der Waals surface area contributed by atoms with Crippen LogP contribution in [-0.2, 0) is 14.4 Å². The van der Waals surface area contributed by atoms with Gasteiger partial charge in [0.05, 0.1) is 0 Å². The first kappa shape index (κ1) is 10.1. The lowest BCUT2D eigenvalue weighted by Gasteiger charge is -2.20. The Kier molecular flexibility index (Phi) is 2.46. The SMILES string of the molecule is CC(C)=CN1C(=O)NC(=O)C(=O)C1=O. The second-order valence-electron chi connectivity index (χ2n) is 2.97. The van der Waals surface area contributed by atoms with Crippen molar-refractivity contribution in [1.82, 2.24) is 10.2 Å². The number of hydrogen-bond donors (Lipinski definition) is 1. The summed E-state index contributed by atoms with van der Waals surface area (Å²) in [6.07, 6.45) is 1.20. The molecule has 1 heterocycles. The van der Waals surface area contributed by atoms with Gasteiger partial charge in [0.1, 0.15) is 0 Å². The van der Waals surface area contributed by atoms with E-state index in [-0.39, 0.29) is 0 Å². The largest absolute Gasteiger partial charge is 0.335 e. The van der Waals surface area contributed by atoms with Gasteiger partial charge in [-0.3, -0.25) is 19.7 Å². The summed E-state index contributed by atoms with van der Waals surface area (Å²) in [5.41, 5.74) is 0.663. The van der Waals surface area contributed by atoms with Gasteiger partial charge in [0.25, 0.3) is 0 Å². The van der Waals surface area contributed by atoms with Gasteiger partial charge in [0.15, 0.2) is 0 Å². The maximum Gasteiger partial charge on any atom is 0.335 e. The summed E-state index contributed by atoms with van der Waals surface area (Å²) >= 11 is 0. The average Bonchev–Trinajstić information content (AvgIpc) is 2.09. The first-order valence-corrected chi connectivity index (χ1v) is 3.81. The van der Waals surface area contributed by atoms with Crippen LogP contribution in [0, 0.1) is 0 Å². The molecule has 0 saturated carbocycles. The Balaban J connectivity index is 3.02. The normalized spacial score (nSPS) is 16.9. The summed E-state index contributed by atoms with van der Waals surface area (Å²) < 4.78 is 0. The second kappa shape index (κ2) is 3.41. The van der Waals surface area contributed by atoms with Gasteiger partial charge in [0.2, 0.25) is 0 Å².